The molecule has 1 aliphatic heterocycles. The van der Waals surface area contributed by atoms with Gasteiger partial charge >= 0.3 is 12.0 Å². The minimum Gasteiger partial charge on any atom is -0.465 e. The number of fused-ring (bicyclic) bond motifs is 1. The zero-order valence-electron chi connectivity index (χ0n) is 18.9. The fraction of sp³-hybridized carbons (Fsp3) is 0.292. The van der Waals surface area contributed by atoms with Gasteiger partial charge in [0.2, 0.25) is 0 Å². The van der Waals surface area contributed by atoms with Crippen molar-refractivity contribution < 1.29 is 14.3 Å². The van der Waals surface area contributed by atoms with Gasteiger partial charge in [0, 0.05) is 31.9 Å². The molecule has 0 radical (unpaired) electrons. The molecule has 2 aromatic heterocycles. The number of rotatable bonds is 6. The number of piperidine rings is 1. The third-order valence-electron chi connectivity index (χ3n) is 5.71. The number of nitrogens with one attached hydrogen (secondary N) is 2. The van der Waals surface area contributed by atoms with Gasteiger partial charge < -0.3 is 20.3 Å². The Bertz CT molecular complexity index is 1280. The summed E-state index contributed by atoms with van der Waals surface area (Å²) in [5, 5.41) is 5.66. The third-order valence-corrected chi connectivity index (χ3v) is 5.71. The Balaban J connectivity index is 1.42. The average Bonchev–Trinajstić information content (AvgIpc) is 2.86. The molecule has 176 valence electrons. The number of hydrogen-bond donors (Lipinski definition) is 2. The van der Waals surface area contributed by atoms with E-state index < -0.39 is 12.0 Å². The number of aromatic nitrogens is 3. The molecule has 0 saturated carbocycles. The second-order valence-electron chi connectivity index (χ2n) is 7.88. The smallest absolute Gasteiger partial charge is 0.339 e. The Morgan fingerprint density at radius 2 is 1.97 bits per heavy atom. The molecule has 0 bridgehead atoms. The van der Waals surface area contributed by atoms with E-state index in [2.05, 4.69) is 27.2 Å². The fourth-order valence-corrected chi connectivity index (χ4v) is 4.03. The number of allylic oxidation sites excluding steroid dienone is 1. The van der Waals surface area contributed by atoms with Crippen LogP contribution >= 0.6 is 0 Å². The van der Waals surface area contributed by atoms with Crippen molar-refractivity contribution in [3.05, 3.63) is 71.2 Å². The van der Waals surface area contributed by atoms with Gasteiger partial charge in [-0.1, -0.05) is 18.2 Å². The highest BCUT2D eigenvalue weighted by molar-refractivity contribution is 6.00. The Hall–Kier alpha value is -4.21. The lowest BCUT2D eigenvalue weighted by atomic mass is 10.1. The number of ether oxygens (including phenoxy) is 1. The normalized spacial score (nSPS) is 14.0. The Morgan fingerprint density at radius 3 is 2.71 bits per heavy atom. The summed E-state index contributed by atoms with van der Waals surface area (Å²) in [5.74, 6) is -0.151. The quantitative estimate of drug-likeness (QED) is 0.427. The van der Waals surface area contributed by atoms with E-state index in [0.717, 1.165) is 0 Å². The molecule has 4 rings (SSSR count). The van der Waals surface area contributed by atoms with E-state index >= 15 is 0 Å². The van der Waals surface area contributed by atoms with E-state index in [9.17, 15) is 14.4 Å². The predicted molar refractivity (Wildman–Crippen MR) is 129 cm³/mol. The summed E-state index contributed by atoms with van der Waals surface area (Å²) in [7, 11) is 1.29. The molecule has 1 aliphatic rings. The van der Waals surface area contributed by atoms with Gasteiger partial charge in [-0.15, -0.1) is 6.58 Å². The number of nitrogens with zero attached hydrogens (tertiary/aromatic N) is 4. The van der Waals surface area contributed by atoms with Crippen LogP contribution in [0.15, 0.2) is 60.0 Å². The van der Waals surface area contributed by atoms with Crippen LogP contribution in [0.5, 0.6) is 0 Å². The molecular formula is C24H26N6O4. The van der Waals surface area contributed by atoms with Crippen molar-refractivity contribution in [2.75, 3.05) is 30.4 Å². The number of hydrogen-bond acceptors (Lipinski definition) is 7. The first-order valence-corrected chi connectivity index (χ1v) is 11.0. The number of esters is 1. The summed E-state index contributed by atoms with van der Waals surface area (Å²) in [6.45, 7) is 5.20. The van der Waals surface area contributed by atoms with E-state index in [1.54, 1.807) is 47.2 Å². The van der Waals surface area contributed by atoms with E-state index in [1.807, 2.05) is 11.0 Å². The Morgan fingerprint density at radius 1 is 1.21 bits per heavy atom. The van der Waals surface area contributed by atoms with Crippen LogP contribution < -0.4 is 21.1 Å². The largest absolute Gasteiger partial charge is 0.465 e. The topological polar surface area (TPSA) is 118 Å². The monoisotopic (exact) mass is 462 g/mol. The van der Waals surface area contributed by atoms with Crippen LogP contribution in [0.2, 0.25) is 0 Å². The summed E-state index contributed by atoms with van der Waals surface area (Å²) in [6.07, 6.45) is 4.57. The van der Waals surface area contributed by atoms with Gasteiger partial charge in [-0.2, -0.15) is 0 Å². The van der Waals surface area contributed by atoms with Gasteiger partial charge in [0.05, 0.1) is 18.4 Å². The lowest BCUT2D eigenvalue weighted by Crippen LogP contribution is -2.47. The second kappa shape index (κ2) is 10.2. The standard InChI is InChI=1S/C24H26N6O4/c1-3-13-30-20-19(9-6-12-25-20)27-21(22(30)31)29-14-10-16(11-15-29)26-24(33)28-18-8-5-4-7-17(18)23(32)34-2/h3-9,12,16H,1,10-11,13-15H2,2H3,(H2,26,28,33). The molecule has 3 heterocycles. The summed E-state index contributed by atoms with van der Waals surface area (Å²) in [6, 6.07) is 9.78. The first-order chi connectivity index (χ1) is 16.5. The first-order valence-electron chi connectivity index (χ1n) is 11.0. The van der Waals surface area contributed by atoms with Gasteiger partial charge in [-0.3, -0.25) is 9.36 Å². The lowest BCUT2D eigenvalue weighted by Gasteiger charge is -2.33. The number of methoxy groups -OCH3 is 1. The van der Waals surface area contributed by atoms with Crippen molar-refractivity contribution in [2.45, 2.75) is 25.4 Å². The summed E-state index contributed by atoms with van der Waals surface area (Å²) in [4.78, 5) is 48.4. The molecule has 0 spiro atoms. The van der Waals surface area contributed by atoms with Gasteiger partial charge in [0.25, 0.3) is 5.56 Å². The number of urea groups is 1. The molecule has 0 atom stereocenters. The van der Waals surface area contributed by atoms with Gasteiger partial charge in [0.15, 0.2) is 11.5 Å². The van der Waals surface area contributed by atoms with Crippen LogP contribution in [0, 0.1) is 0 Å². The molecule has 0 unspecified atom stereocenters. The number of anilines is 2. The number of amides is 2. The number of para-hydroxylation sites is 1. The first kappa shape index (κ1) is 23.0. The van der Waals surface area contributed by atoms with Crippen LogP contribution in [0.3, 0.4) is 0 Å². The maximum absolute atomic E-state index is 13.1. The zero-order valence-corrected chi connectivity index (χ0v) is 18.9. The number of benzene rings is 1. The van der Waals surface area contributed by atoms with Crippen molar-refractivity contribution in [2.24, 2.45) is 0 Å². The molecule has 3 aromatic rings. The molecule has 0 aliphatic carbocycles. The van der Waals surface area contributed by atoms with Crippen LogP contribution in [-0.2, 0) is 11.3 Å². The van der Waals surface area contributed by atoms with Crippen LogP contribution in [0.1, 0.15) is 23.2 Å². The van der Waals surface area contributed by atoms with Crippen molar-refractivity contribution in [1.29, 1.82) is 0 Å². The minimum atomic E-state index is -0.524. The van der Waals surface area contributed by atoms with Crippen molar-refractivity contribution >= 4 is 34.7 Å². The minimum absolute atomic E-state index is 0.0842. The predicted octanol–water partition coefficient (Wildman–Crippen LogP) is 2.55. The molecule has 10 heteroatoms. The number of carbonyl (C=O) groups is 2. The summed E-state index contributed by atoms with van der Waals surface area (Å²) >= 11 is 0. The van der Waals surface area contributed by atoms with Crippen LogP contribution in [0.25, 0.3) is 11.2 Å². The van der Waals surface area contributed by atoms with Crippen LogP contribution in [-0.4, -0.2) is 52.8 Å². The van der Waals surface area contributed by atoms with Crippen molar-refractivity contribution in [3.8, 4) is 0 Å². The van der Waals surface area contributed by atoms with Gasteiger partial charge in [-0.05, 0) is 37.1 Å². The second-order valence-corrected chi connectivity index (χ2v) is 7.88. The van der Waals surface area contributed by atoms with Crippen molar-refractivity contribution in [3.63, 3.8) is 0 Å². The molecule has 1 fully saturated rings. The maximum Gasteiger partial charge on any atom is 0.339 e. The average molecular weight is 463 g/mol. The fourth-order valence-electron chi connectivity index (χ4n) is 4.03. The molecule has 2 N–H and O–H groups in total. The van der Waals surface area contributed by atoms with Crippen molar-refractivity contribution in [1.82, 2.24) is 19.9 Å². The van der Waals surface area contributed by atoms with E-state index in [4.69, 9.17) is 4.74 Å². The SMILES string of the molecule is C=CCn1c(=O)c(N2CCC(NC(=O)Nc3ccccc3C(=O)OC)CC2)nc2cccnc21. The Labute approximate surface area is 196 Å². The highest BCUT2D eigenvalue weighted by Gasteiger charge is 2.25. The molecule has 1 saturated heterocycles. The maximum atomic E-state index is 13.1. The Kier molecular flexibility index (Phi) is 6.86. The zero-order chi connectivity index (χ0) is 24.1. The highest BCUT2D eigenvalue weighted by atomic mass is 16.5. The van der Waals surface area contributed by atoms with E-state index in [-0.39, 0.29) is 17.2 Å². The summed E-state index contributed by atoms with van der Waals surface area (Å²) in [5.41, 5.74) is 1.61. The molecule has 10 nitrogen and oxygen atoms in total. The lowest BCUT2D eigenvalue weighted by molar-refractivity contribution is 0.0602. The molecular weight excluding hydrogens is 436 g/mol. The van der Waals surface area contributed by atoms with E-state index in [1.165, 1.54) is 7.11 Å². The summed E-state index contributed by atoms with van der Waals surface area (Å²) < 4.78 is 6.33. The molecule has 2 amide bonds. The molecule has 1 aromatic carbocycles. The molecule has 34 heavy (non-hydrogen) atoms. The third kappa shape index (κ3) is 4.75. The van der Waals surface area contributed by atoms with Crippen LogP contribution in [0.4, 0.5) is 16.3 Å². The van der Waals surface area contributed by atoms with Gasteiger partial charge in [0.1, 0.15) is 5.52 Å². The highest BCUT2D eigenvalue weighted by Crippen LogP contribution is 2.19. The number of pyridine rings is 1. The number of carbonyl (C=O) groups excluding carboxylic acids is 2. The van der Waals surface area contributed by atoms with Gasteiger partial charge in [-0.25, -0.2) is 19.6 Å². The van der Waals surface area contributed by atoms with E-state index in [0.29, 0.717) is 55.1 Å².